The summed E-state index contributed by atoms with van der Waals surface area (Å²) in [5, 5.41) is 21.2. The Balaban J connectivity index is 1.66. The highest BCUT2D eigenvalue weighted by molar-refractivity contribution is 7.98. The van der Waals surface area contributed by atoms with Gasteiger partial charge in [0.25, 0.3) is 5.69 Å². The summed E-state index contributed by atoms with van der Waals surface area (Å²) in [4.78, 5) is 11.0. The van der Waals surface area contributed by atoms with Crippen LogP contribution in [0.2, 0.25) is 5.02 Å². The Bertz CT molecular complexity index is 1230. The van der Waals surface area contributed by atoms with Crippen LogP contribution in [0, 0.1) is 10.1 Å². The maximum atomic E-state index is 11.4. The number of aromatic nitrogens is 3. The Morgan fingerprint density at radius 2 is 1.72 bits per heavy atom. The lowest BCUT2D eigenvalue weighted by atomic mass is 10.2. The predicted molar refractivity (Wildman–Crippen MR) is 125 cm³/mol. The molecule has 4 aromatic rings. The lowest BCUT2D eigenvalue weighted by Gasteiger charge is -2.17. The van der Waals surface area contributed by atoms with Gasteiger partial charge in [-0.2, -0.15) is 0 Å². The van der Waals surface area contributed by atoms with Crippen molar-refractivity contribution in [2.75, 3.05) is 0 Å². The summed E-state index contributed by atoms with van der Waals surface area (Å²) in [5.41, 5.74) is 1.57. The molecule has 0 aliphatic carbocycles. The highest BCUT2D eigenvalue weighted by Crippen LogP contribution is 2.33. The summed E-state index contributed by atoms with van der Waals surface area (Å²) < 4.78 is 7.97. The molecular weight excluding hydrogens is 448 g/mol. The molecule has 7 nitrogen and oxygen atoms in total. The largest absolute Gasteiger partial charge is 0.481 e. The molecule has 0 aliphatic rings. The van der Waals surface area contributed by atoms with Crippen molar-refractivity contribution < 1.29 is 9.66 Å². The molecule has 1 unspecified atom stereocenters. The fraction of sp³-hybridized carbons (Fsp3) is 0.130. The van der Waals surface area contributed by atoms with E-state index < -0.39 is 6.10 Å². The van der Waals surface area contributed by atoms with Gasteiger partial charge in [0.15, 0.2) is 17.1 Å². The van der Waals surface area contributed by atoms with E-state index in [0.29, 0.717) is 33.1 Å². The van der Waals surface area contributed by atoms with E-state index in [1.165, 1.54) is 17.8 Å². The van der Waals surface area contributed by atoms with Crippen LogP contribution >= 0.6 is 23.4 Å². The second kappa shape index (κ2) is 9.84. The van der Waals surface area contributed by atoms with E-state index in [-0.39, 0.29) is 10.6 Å². The first kappa shape index (κ1) is 21.9. The van der Waals surface area contributed by atoms with Crippen molar-refractivity contribution in [2.24, 2.45) is 0 Å². The second-order valence-electron chi connectivity index (χ2n) is 6.88. The van der Waals surface area contributed by atoms with Crippen LogP contribution in [0.1, 0.15) is 24.4 Å². The number of rotatable bonds is 8. The number of thioether (sulfide) groups is 1. The molecule has 9 heteroatoms. The standard InChI is InChI=1S/C23H19ClN4O3S/c1-16(31-21-14-8-6-12-19(21)24)22-25-26-23(27(22)18-10-3-2-4-11-18)32-15-17-9-5-7-13-20(17)28(29)30/h2-14,16H,15H2,1H3. The minimum atomic E-state index is -0.442. The molecule has 1 atom stereocenters. The molecule has 162 valence electrons. The average Bonchev–Trinajstić information content (AvgIpc) is 3.24. The van der Waals surface area contributed by atoms with Gasteiger partial charge in [-0.05, 0) is 31.2 Å². The molecule has 32 heavy (non-hydrogen) atoms. The number of para-hydroxylation sites is 3. The molecule has 0 amide bonds. The first-order valence-electron chi connectivity index (χ1n) is 9.81. The molecule has 1 heterocycles. The normalized spacial score (nSPS) is 11.8. The molecule has 0 fully saturated rings. The molecule has 3 aromatic carbocycles. The zero-order chi connectivity index (χ0) is 22.5. The first-order chi connectivity index (χ1) is 15.5. The topological polar surface area (TPSA) is 83.1 Å². The first-order valence-corrected chi connectivity index (χ1v) is 11.2. The molecule has 0 aliphatic heterocycles. The highest BCUT2D eigenvalue weighted by atomic mass is 35.5. The SMILES string of the molecule is CC(Oc1ccccc1Cl)c1nnc(SCc2ccccc2[N+](=O)[O-])n1-c1ccccc1. The van der Waals surface area contributed by atoms with E-state index in [2.05, 4.69) is 10.2 Å². The quantitative estimate of drug-likeness (QED) is 0.173. The Hall–Kier alpha value is -3.36. The van der Waals surface area contributed by atoms with Crippen LogP contribution in [0.25, 0.3) is 5.69 Å². The summed E-state index contributed by atoms with van der Waals surface area (Å²) >= 11 is 7.63. The van der Waals surface area contributed by atoms with Gasteiger partial charge in [0, 0.05) is 23.1 Å². The Morgan fingerprint density at radius 3 is 2.47 bits per heavy atom. The third kappa shape index (κ3) is 4.76. The number of halogens is 1. The number of nitro benzene ring substituents is 1. The molecular formula is C23H19ClN4O3S. The predicted octanol–water partition coefficient (Wildman–Crippen LogP) is 6.26. The Morgan fingerprint density at radius 1 is 1.03 bits per heavy atom. The van der Waals surface area contributed by atoms with E-state index in [1.54, 1.807) is 30.3 Å². The molecule has 0 N–H and O–H groups in total. The van der Waals surface area contributed by atoms with Gasteiger partial charge < -0.3 is 4.74 Å². The summed E-state index contributed by atoms with van der Waals surface area (Å²) in [6.45, 7) is 1.88. The highest BCUT2D eigenvalue weighted by Gasteiger charge is 2.22. The summed E-state index contributed by atoms with van der Waals surface area (Å²) in [5.74, 6) is 1.53. The van der Waals surface area contributed by atoms with E-state index in [4.69, 9.17) is 16.3 Å². The number of benzene rings is 3. The van der Waals surface area contributed by atoms with Gasteiger partial charge in [0.1, 0.15) is 5.75 Å². The minimum Gasteiger partial charge on any atom is -0.481 e. The van der Waals surface area contributed by atoms with Gasteiger partial charge in [-0.1, -0.05) is 71.9 Å². The zero-order valence-electron chi connectivity index (χ0n) is 17.1. The summed E-state index contributed by atoms with van der Waals surface area (Å²) in [7, 11) is 0. The van der Waals surface area contributed by atoms with Crippen molar-refractivity contribution in [2.45, 2.75) is 23.9 Å². The van der Waals surface area contributed by atoms with Gasteiger partial charge in [0.2, 0.25) is 0 Å². The van der Waals surface area contributed by atoms with Gasteiger partial charge >= 0.3 is 0 Å². The number of ether oxygens (including phenoxy) is 1. The van der Waals surface area contributed by atoms with E-state index in [9.17, 15) is 10.1 Å². The molecule has 0 saturated heterocycles. The third-order valence-corrected chi connectivity index (χ3v) is 6.01. The van der Waals surface area contributed by atoms with E-state index in [1.807, 2.05) is 54.0 Å². The Kier molecular flexibility index (Phi) is 6.72. The minimum absolute atomic E-state index is 0.0846. The van der Waals surface area contributed by atoms with E-state index >= 15 is 0 Å². The maximum Gasteiger partial charge on any atom is 0.273 e. The van der Waals surface area contributed by atoms with Gasteiger partial charge in [0.05, 0.1) is 9.95 Å². The van der Waals surface area contributed by atoms with E-state index in [0.717, 1.165) is 5.69 Å². The summed E-state index contributed by atoms with van der Waals surface area (Å²) in [6, 6.07) is 23.6. The van der Waals surface area contributed by atoms with Crippen LogP contribution in [-0.2, 0) is 5.75 Å². The van der Waals surface area contributed by atoms with Gasteiger partial charge in [-0.3, -0.25) is 14.7 Å². The van der Waals surface area contributed by atoms with Crippen LogP contribution in [0.5, 0.6) is 5.75 Å². The van der Waals surface area contributed by atoms with Crippen LogP contribution in [0.15, 0.2) is 84.0 Å². The molecule has 0 bridgehead atoms. The maximum absolute atomic E-state index is 11.4. The van der Waals surface area contributed by atoms with Crippen molar-refractivity contribution in [3.8, 4) is 11.4 Å². The van der Waals surface area contributed by atoms with Crippen LogP contribution in [0.3, 0.4) is 0 Å². The van der Waals surface area contributed by atoms with Gasteiger partial charge in [-0.25, -0.2) is 0 Å². The van der Waals surface area contributed by atoms with Crippen LogP contribution < -0.4 is 4.74 Å². The smallest absolute Gasteiger partial charge is 0.273 e. The van der Waals surface area contributed by atoms with Crippen molar-refractivity contribution >= 4 is 29.1 Å². The fourth-order valence-electron chi connectivity index (χ4n) is 3.19. The van der Waals surface area contributed by atoms with Crippen molar-refractivity contribution in [1.82, 2.24) is 14.8 Å². The van der Waals surface area contributed by atoms with Crippen molar-refractivity contribution in [3.63, 3.8) is 0 Å². The third-order valence-electron chi connectivity index (χ3n) is 4.72. The number of nitro groups is 1. The number of hydrogen-bond acceptors (Lipinski definition) is 6. The van der Waals surface area contributed by atoms with Crippen molar-refractivity contribution in [3.05, 3.63) is 105 Å². The molecule has 1 aromatic heterocycles. The lowest BCUT2D eigenvalue weighted by molar-refractivity contribution is -0.385. The van der Waals surface area contributed by atoms with Crippen LogP contribution in [-0.4, -0.2) is 19.7 Å². The molecule has 0 saturated carbocycles. The molecule has 0 radical (unpaired) electrons. The summed E-state index contributed by atoms with van der Waals surface area (Å²) in [6.07, 6.45) is -0.442. The number of hydrogen-bond donors (Lipinski definition) is 0. The fourth-order valence-corrected chi connectivity index (χ4v) is 4.33. The monoisotopic (exact) mass is 466 g/mol. The lowest BCUT2D eigenvalue weighted by Crippen LogP contribution is -2.11. The Labute approximate surface area is 194 Å². The van der Waals surface area contributed by atoms with Crippen molar-refractivity contribution in [1.29, 1.82) is 0 Å². The second-order valence-corrected chi connectivity index (χ2v) is 8.23. The molecule has 0 spiro atoms. The van der Waals surface area contributed by atoms with Gasteiger partial charge in [-0.15, -0.1) is 10.2 Å². The average molecular weight is 467 g/mol. The zero-order valence-corrected chi connectivity index (χ0v) is 18.7. The number of nitrogens with zero attached hydrogens (tertiary/aromatic N) is 4. The molecule has 4 rings (SSSR count). The van der Waals surface area contributed by atoms with Crippen LogP contribution in [0.4, 0.5) is 5.69 Å².